The lowest BCUT2D eigenvalue weighted by atomic mass is 10.2. The lowest BCUT2D eigenvalue weighted by Crippen LogP contribution is -2.13. The average Bonchev–Trinajstić information content (AvgIpc) is 2.76. The van der Waals surface area contributed by atoms with E-state index in [1.807, 2.05) is 0 Å². The molecule has 3 nitrogen and oxygen atoms in total. The highest BCUT2D eigenvalue weighted by Gasteiger charge is 2.25. The molecule has 0 spiro atoms. The normalized spacial score (nSPS) is 14.9. The molecule has 29 heavy (non-hydrogen) atoms. The Bertz CT molecular complexity index is 926. The fraction of sp³-hybridized carbons (Fsp3) is 0.0800. The molecule has 4 rings (SSSR count). The lowest BCUT2D eigenvalue weighted by Gasteiger charge is -2.36. The number of carboxylic acid groups (broad SMARTS) is 1. The SMILES string of the molecule is C1=CCP(N(c2ccccc2)c2ccccc2)C(c2ccccc2)=C1.CC(=O)O. The van der Waals surface area contributed by atoms with Gasteiger partial charge in [-0.05, 0) is 29.8 Å². The standard InChI is InChI=1S/C23H20NP.C2H4O2/c1-4-12-20(13-5-1)23-18-10-11-19-25(23)24(21-14-6-2-7-15-21)22-16-8-3-9-17-22;1-2(3)4/h1-18H,19H2;1H3,(H,3,4). The molecule has 0 saturated heterocycles. The monoisotopic (exact) mass is 401 g/mol. The summed E-state index contributed by atoms with van der Waals surface area (Å²) in [6.07, 6.45) is 7.82. The third kappa shape index (κ3) is 5.66. The molecule has 0 amide bonds. The maximum absolute atomic E-state index is 9.00. The zero-order valence-corrected chi connectivity index (χ0v) is 17.2. The molecule has 1 aliphatic heterocycles. The zero-order valence-electron chi connectivity index (χ0n) is 16.3. The summed E-state index contributed by atoms with van der Waals surface area (Å²) < 4.78 is 2.51. The number of para-hydroxylation sites is 2. The molecule has 1 unspecified atom stereocenters. The van der Waals surface area contributed by atoms with Gasteiger partial charge < -0.3 is 9.78 Å². The molecule has 0 aromatic heterocycles. The summed E-state index contributed by atoms with van der Waals surface area (Å²) >= 11 is 0. The highest BCUT2D eigenvalue weighted by molar-refractivity contribution is 7.70. The number of nitrogens with zero attached hydrogens (tertiary/aromatic N) is 1. The van der Waals surface area contributed by atoms with Gasteiger partial charge in [-0.2, -0.15) is 0 Å². The number of hydrogen-bond donors (Lipinski definition) is 1. The number of aliphatic carboxylic acids is 1. The van der Waals surface area contributed by atoms with Crippen LogP contribution in [-0.4, -0.2) is 17.2 Å². The van der Waals surface area contributed by atoms with Crippen molar-refractivity contribution in [1.82, 2.24) is 0 Å². The highest BCUT2D eigenvalue weighted by Crippen LogP contribution is 2.59. The van der Waals surface area contributed by atoms with Crippen molar-refractivity contribution in [3.05, 3.63) is 115 Å². The van der Waals surface area contributed by atoms with E-state index < -0.39 is 14.0 Å². The Labute approximate surface area is 173 Å². The Balaban J connectivity index is 0.000000552. The Morgan fingerprint density at radius 3 is 1.76 bits per heavy atom. The van der Waals surface area contributed by atoms with Gasteiger partial charge in [0.1, 0.15) is 0 Å². The second-order valence-electron chi connectivity index (χ2n) is 6.43. The molecule has 146 valence electrons. The molecule has 0 saturated carbocycles. The molecule has 0 bridgehead atoms. The van der Waals surface area contributed by atoms with Gasteiger partial charge in [0.2, 0.25) is 0 Å². The maximum atomic E-state index is 9.00. The van der Waals surface area contributed by atoms with Crippen molar-refractivity contribution < 1.29 is 9.90 Å². The topological polar surface area (TPSA) is 40.5 Å². The number of carbonyl (C=O) groups is 1. The van der Waals surface area contributed by atoms with E-state index in [0.29, 0.717) is 0 Å². The minimum absolute atomic E-state index is 0.520. The molecule has 1 N–H and O–H groups in total. The number of hydrogen-bond acceptors (Lipinski definition) is 2. The largest absolute Gasteiger partial charge is 0.481 e. The molecular weight excluding hydrogens is 377 g/mol. The smallest absolute Gasteiger partial charge is 0.300 e. The molecule has 1 aliphatic rings. The van der Waals surface area contributed by atoms with Crippen molar-refractivity contribution >= 4 is 30.7 Å². The van der Waals surface area contributed by atoms with E-state index in [-0.39, 0.29) is 0 Å². The molecule has 0 aliphatic carbocycles. The molecule has 1 atom stereocenters. The Morgan fingerprint density at radius 1 is 0.828 bits per heavy atom. The zero-order chi connectivity index (χ0) is 20.5. The molecular formula is C25H24NO2P. The van der Waals surface area contributed by atoms with E-state index in [2.05, 4.69) is 114 Å². The molecule has 0 radical (unpaired) electrons. The van der Waals surface area contributed by atoms with Crippen LogP contribution in [0.15, 0.2) is 109 Å². The number of anilines is 2. The molecule has 1 heterocycles. The van der Waals surface area contributed by atoms with Crippen LogP contribution in [0.25, 0.3) is 5.31 Å². The van der Waals surface area contributed by atoms with Crippen molar-refractivity contribution in [2.24, 2.45) is 0 Å². The van der Waals surface area contributed by atoms with Gasteiger partial charge in [-0.1, -0.05) is 85.0 Å². The summed E-state index contributed by atoms with van der Waals surface area (Å²) in [4.78, 5) is 9.00. The van der Waals surface area contributed by atoms with Gasteiger partial charge in [-0.15, -0.1) is 0 Å². The Kier molecular flexibility index (Phi) is 7.38. The van der Waals surface area contributed by atoms with Crippen LogP contribution in [0.5, 0.6) is 0 Å². The molecule has 0 fully saturated rings. The van der Waals surface area contributed by atoms with Gasteiger partial charge >= 0.3 is 0 Å². The van der Waals surface area contributed by atoms with Crippen LogP contribution >= 0.6 is 8.07 Å². The van der Waals surface area contributed by atoms with Crippen LogP contribution in [-0.2, 0) is 4.79 Å². The van der Waals surface area contributed by atoms with E-state index >= 15 is 0 Å². The van der Waals surface area contributed by atoms with Crippen LogP contribution in [0.1, 0.15) is 12.5 Å². The minimum Gasteiger partial charge on any atom is -0.481 e. The van der Waals surface area contributed by atoms with Crippen LogP contribution in [0.3, 0.4) is 0 Å². The fourth-order valence-corrected chi connectivity index (χ4v) is 5.54. The van der Waals surface area contributed by atoms with Crippen LogP contribution in [0.2, 0.25) is 0 Å². The summed E-state index contributed by atoms with van der Waals surface area (Å²) in [6.45, 7) is 1.08. The number of benzene rings is 3. The Morgan fingerprint density at radius 2 is 1.28 bits per heavy atom. The van der Waals surface area contributed by atoms with E-state index in [9.17, 15) is 0 Å². The summed E-state index contributed by atoms with van der Waals surface area (Å²) in [5.74, 6) is -0.833. The highest BCUT2D eigenvalue weighted by atomic mass is 31.1. The minimum atomic E-state index is -0.833. The second-order valence-corrected chi connectivity index (χ2v) is 8.48. The van der Waals surface area contributed by atoms with Gasteiger partial charge in [0.25, 0.3) is 5.97 Å². The quantitative estimate of drug-likeness (QED) is 0.482. The van der Waals surface area contributed by atoms with Crippen molar-refractivity contribution in [3.8, 4) is 0 Å². The first-order chi connectivity index (χ1) is 14.2. The van der Waals surface area contributed by atoms with Crippen LogP contribution in [0, 0.1) is 0 Å². The van der Waals surface area contributed by atoms with Crippen molar-refractivity contribution in [2.75, 3.05) is 10.8 Å². The first kappa shape index (κ1) is 20.6. The first-order valence-electron chi connectivity index (χ1n) is 9.46. The van der Waals surface area contributed by atoms with E-state index in [4.69, 9.17) is 9.90 Å². The number of allylic oxidation sites excluding steroid dienone is 3. The predicted octanol–water partition coefficient (Wildman–Crippen LogP) is 6.92. The molecule has 3 aromatic rings. The summed E-state index contributed by atoms with van der Waals surface area (Å²) in [7, 11) is -0.520. The second kappa shape index (κ2) is 10.4. The van der Waals surface area contributed by atoms with Gasteiger partial charge in [-0.3, -0.25) is 4.79 Å². The third-order valence-electron chi connectivity index (χ3n) is 4.26. The maximum Gasteiger partial charge on any atom is 0.300 e. The Hall–Kier alpha value is -3.16. The lowest BCUT2D eigenvalue weighted by molar-refractivity contribution is -0.134. The number of carboxylic acids is 1. The average molecular weight is 401 g/mol. The summed E-state index contributed by atoms with van der Waals surface area (Å²) in [5.41, 5.74) is 3.81. The van der Waals surface area contributed by atoms with E-state index in [1.54, 1.807) is 0 Å². The van der Waals surface area contributed by atoms with Crippen molar-refractivity contribution in [1.29, 1.82) is 0 Å². The van der Waals surface area contributed by atoms with E-state index in [1.165, 1.54) is 22.3 Å². The van der Waals surface area contributed by atoms with Gasteiger partial charge in [-0.25, -0.2) is 0 Å². The van der Waals surface area contributed by atoms with Crippen LogP contribution < -0.4 is 4.67 Å². The van der Waals surface area contributed by atoms with Crippen molar-refractivity contribution in [3.63, 3.8) is 0 Å². The molecule has 3 aromatic carbocycles. The fourth-order valence-electron chi connectivity index (χ4n) is 3.11. The van der Waals surface area contributed by atoms with Gasteiger partial charge in [0.15, 0.2) is 0 Å². The molecule has 4 heteroatoms. The van der Waals surface area contributed by atoms with E-state index in [0.717, 1.165) is 13.1 Å². The van der Waals surface area contributed by atoms with Gasteiger partial charge in [0, 0.05) is 37.8 Å². The van der Waals surface area contributed by atoms with Crippen molar-refractivity contribution in [2.45, 2.75) is 6.92 Å². The summed E-state index contributed by atoms with van der Waals surface area (Å²) in [5, 5.41) is 8.84. The van der Waals surface area contributed by atoms with Crippen LogP contribution in [0.4, 0.5) is 11.4 Å². The predicted molar refractivity (Wildman–Crippen MR) is 124 cm³/mol. The number of rotatable bonds is 4. The first-order valence-corrected chi connectivity index (χ1v) is 10.9. The third-order valence-corrected chi connectivity index (χ3v) is 6.72. The summed E-state index contributed by atoms with van der Waals surface area (Å²) in [6, 6.07) is 32.2. The van der Waals surface area contributed by atoms with Gasteiger partial charge in [0.05, 0.1) is 0 Å².